The van der Waals surface area contributed by atoms with E-state index in [4.69, 9.17) is 10.2 Å². The van der Waals surface area contributed by atoms with Crippen molar-refractivity contribution in [1.82, 2.24) is 10.6 Å². The molecule has 1 fully saturated rings. The third kappa shape index (κ3) is 6.17. The molecule has 6 N–H and O–H groups in total. The van der Waals surface area contributed by atoms with Crippen molar-refractivity contribution in [3.8, 4) is 0 Å². The summed E-state index contributed by atoms with van der Waals surface area (Å²) >= 11 is 0. The molecule has 2 amide bonds. The minimum Gasteiger partial charge on any atom is -0.394 e. The number of hydrogen-bond donors (Lipinski definition) is 6. The number of anilines is 1. The van der Waals surface area contributed by atoms with Gasteiger partial charge < -0.3 is 36.0 Å². The number of aliphatic hydroxyl groups is 4. The van der Waals surface area contributed by atoms with Crippen LogP contribution in [0.25, 0.3) is 0 Å². The van der Waals surface area contributed by atoms with E-state index in [2.05, 4.69) is 15.5 Å². The zero-order valence-corrected chi connectivity index (χ0v) is 15.1. The standard InChI is InChI=1S/C18H27N3O6/c22-10-15(24)8-19-17(26)12-5-13(18(27)20-9-16(25)11-23)7-14(6-12)21-3-1-2-4-21/h5-7,15-16,22-25H,1-4,8-11H2,(H,19,26)(H,20,27). The van der Waals surface area contributed by atoms with Gasteiger partial charge in [-0.15, -0.1) is 0 Å². The summed E-state index contributed by atoms with van der Waals surface area (Å²) in [6.07, 6.45) is -0.0518. The highest BCUT2D eigenvalue weighted by Gasteiger charge is 2.19. The lowest BCUT2D eigenvalue weighted by molar-refractivity contribution is 0.0800. The first kappa shape index (κ1) is 21.1. The van der Waals surface area contributed by atoms with Crippen LogP contribution < -0.4 is 15.5 Å². The number of benzene rings is 1. The Hall–Kier alpha value is -2.20. The molecule has 2 rings (SSSR count). The zero-order chi connectivity index (χ0) is 19.8. The van der Waals surface area contributed by atoms with Crippen molar-refractivity contribution in [2.75, 3.05) is 44.3 Å². The SMILES string of the molecule is O=C(NCC(O)CO)c1cc(C(=O)NCC(O)CO)cc(N2CCCC2)c1. The van der Waals surface area contributed by atoms with Gasteiger partial charge in [-0.05, 0) is 31.0 Å². The van der Waals surface area contributed by atoms with Crippen LogP contribution in [0, 0.1) is 0 Å². The van der Waals surface area contributed by atoms with Gasteiger partial charge in [-0.25, -0.2) is 0 Å². The minimum absolute atomic E-state index is 0.104. The lowest BCUT2D eigenvalue weighted by Crippen LogP contribution is -2.35. The predicted octanol–water partition coefficient (Wildman–Crippen LogP) is -1.55. The van der Waals surface area contributed by atoms with Crippen LogP contribution in [0.15, 0.2) is 18.2 Å². The Labute approximate surface area is 157 Å². The van der Waals surface area contributed by atoms with E-state index in [1.807, 2.05) is 0 Å². The second-order valence-electron chi connectivity index (χ2n) is 6.56. The van der Waals surface area contributed by atoms with Crippen molar-refractivity contribution >= 4 is 17.5 Å². The second kappa shape index (κ2) is 10.2. The lowest BCUT2D eigenvalue weighted by atomic mass is 10.1. The number of amides is 2. The molecule has 0 radical (unpaired) electrons. The third-order valence-electron chi connectivity index (χ3n) is 4.33. The number of nitrogens with zero attached hydrogens (tertiary/aromatic N) is 1. The molecule has 150 valence electrons. The molecular formula is C18H27N3O6. The monoisotopic (exact) mass is 381 g/mol. The van der Waals surface area contributed by atoms with Crippen LogP contribution in [0.2, 0.25) is 0 Å². The van der Waals surface area contributed by atoms with Gasteiger partial charge in [-0.2, -0.15) is 0 Å². The molecule has 1 aromatic rings. The predicted molar refractivity (Wildman–Crippen MR) is 98.7 cm³/mol. The minimum atomic E-state index is -1.06. The number of nitrogens with one attached hydrogen (secondary N) is 2. The van der Waals surface area contributed by atoms with Crippen LogP contribution in [-0.2, 0) is 0 Å². The summed E-state index contributed by atoms with van der Waals surface area (Å²) in [5, 5.41) is 41.5. The maximum atomic E-state index is 12.4. The number of aliphatic hydroxyl groups excluding tert-OH is 4. The average Bonchev–Trinajstić information content (AvgIpc) is 3.24. The van der Waals surface area contributed by atoms with E-state index in [-0.39, 0.29) is 24.2 Å². The summed E-state index contributed by atoms with van der Waals surface area (Å²) in [6.45, 7) is 0.530. The molecule has 1 aliphatic heterocycles. The highest BCUT2D eigenvalue weighted by molar-refractivity contribution is 6.01. The van der Waals surface area contributed by atoms with Crippen molar-refractivity contribution in [2.24, 2.45) is 0 Å². The van der Waals surface area contributed by atoms with Crippen molar-refractivity contribution in [3.05, 3.63) is 29.3 Å². The molecule has 9 heteroatoms. The maximum absolute atomic E-state index is 12.4. The fourth-order valence-electron chi connectivity index (χ4n) is 2.79. The Kier molecular flexibility index (Phi) is 7.99. The maximum Gasteiger partial charge on any atom is 0.251 e. The van der Waals surface area contributed by atoms with Gasteiger partial charge in [0, 0.05) is 43.0 Å². The van der Waals surface area contributed by atoms with Crippen LogP contribution in [0.3, 0.4) is 0 Å². The van der Waals surface area contributed by atoms with Gasteiger partial charge in [-0.1, -0.05) is 0 Å². The van der Waals surface area contributed by atoms with Crippen molar-refractivity contribution in [3.63, 3.8) is 0 Å². The van der Waals surface area contributed by atoms with E-state index in [9.17, 15) is 19.8 Å². The van der Waals surface area contributed by atoms with Crippen LogP contribution >= 0.6 is 0 Å². The summed E-state index contributed by atoms with van der Waals surface area (Å²) < 4.78 is 0. The molecule has 9 nitrogen and oxygen atoms in total. The normalized spacial score (nSPS) is 16.1. The largest absolute Gasteiger partial charge is 0.394 e. The van der Waals surface area contributed by atoms with E-state index in [0.717, 1.165) is 31.6 Å². The first-order valence-electron chi connectivity index (χ1n) is 8.99. The second-order valence-corrected chi connectivity index (χ2v) is 6.56. The quantitative estimate of drug-likeness (QED) is 0.304. The molecule has 1 aliphatic rings. The number of carbonyl (C=O) groups excluding carboxylic acids is 2. The van der Waals surface area contributed by atoms with Gasteiger partial charge in [0.2, 0.25) is 0 Å². The number of rotatable bonds is 9. The number of hydrogen-bond acceptors (Lipinski definition) is 7. The Morgan fingerprint density at radius 3 is 1.74 bits per heavy atom. The van der Waals surface area contributed by atoms with E-state index >= 15 is 0 Å². The molecule has 0 aliphatic carbocycles. The molecule has 2 unspecified atom stereocenters. The van der Waals surface area contributed by atoms with Crippen molar-refractivity contribution in [1.29, 1.82) is 0 Å². The number of carbonyl (C=O) groups is 2. The van der Waals surface area contributed by atoms with E-state index < -0.39 is 37.2 Å². The summed E-state index contributed by atoms with van der Waals surface area (Å²) in [7, 11) is 0. The summed E-state index contributed by atoms with van der Waals surface area (Å²) in [5.41, 5.74) is 1.27. The van der Waals surface area contributed by atoms with Gasteiger partial charge in [0.05, 0.1) is 25.4 Å². The molecule has 2 atom stereocenters. The highest BCUT2D eigenvalue weighted by Crippen LogP contribution is 2.23. The van der Waals surface area contributed by atoms with Crippen LogP contribution in [0.4, 0.5) is 5.69 Å². The molecule has 0 saturated carbocycles. The lowest BCUT2D eigenvalue weighted by Gasteiger charge is -2.20. The zero-order valence-electron chi connectivity index (χ0n) is 15.1. The molecular weight excluding hydrogens is 354 g/mol. The highest BCUT2D eigenvalue weighted by atomic mass is 16.3. The molecule has 1 aromatic carbocycles. The van der Waals surface area contributed by atoms with Crippen molar-refractivity contribution in [2.45, 2.75) is 25.0 Å². The summed E-state index contributed by atoms with van der Waals surface area (Å²) in [5.74, 6) is -0.930. The van der Waals surface area contributed by atoms with E-state index in [1.165, 1.54) is 6.07 Å². The molecule has 0 aromatic heterocycles. The topological polar surface area (TPSA) is 142 Å². The Morgan fingerprint density at radius 1 is 0.889 bits per heavy atom. The van der Waals surface area contributed by atoms with Gasteiger partial charge in [0.25, 0.3) is 11.8 Å². The summed E-state index contributed by atoms with van der Waals surface area (Å²) in [6, 6.07) is 4.80. The smallest absolute Gasteiger partial charge is 0.251 e. The first-order chi connectivity index (χ1) is 12.9. The van der Waals surface area contributed by atoms with Gasteiger partial charge >= 0.3 is 0 Å². The third-order valence-corrected chi connectivity index (χ3v) is 4.33. The fraction of sp³-hybridized carbons (Fsp3) is 0.556. The Morgan fingerprint density at radius 2 is 1.33 bits per heavy atom. The van der Waals surface area contributed by atoms with Gasteiger partial charge in [-0.3, -0.25) is 9.59 Å². The Balaban J connectivity index is 2.20. The average molecular weight is 381 g/mol. The van der Waals surface area contributed by atoms with Gasteiger partial charge in [0.15, 0.2) is 0 Å². The molecule has 27 heavy (non-hydrogen) atoms. The molecule has 0 spiro atoms. The summed E-state index contributed by atoms with van der Waals surface area (Å²) in [4.78, 5) is 26.9. The van der Waals surface area contributed by atoms with E-state index in [0.29, 0.717) is 0 Å². The molecule has 1 heterocycles. The van der Waals surface area contributed by atoms with Crippen LogP contribution in [0.1, 0.15) is 33.6 Å². The Bertz CT molecular complexity index is 604. The molecule has 0 bridgehead atoms. The van der Waals surface area contributed by atoms with E-state index in [1.54, 1.807) is 12.1 Å². The van der Waals surface area contributed by atoms with Gasteiger partial charge in [0.1, 0.15) is 0 Å². The van der Waals surface area contributed by atoms with Crippen LogP contribution in [-0.4, -0.2) is 83.8 Å². The first-order valence-corrected chi connectivity index (χ1v) is 8.99. The molecule has 1 saturated heterocycles. The van der Waals surface area contributed by atoms with Crippen LogP contribution in [0.5, 0.6) is 0 Å². The van der Waals surface area contributed by atoms with Crippen molar-refractivity contribution < 1.29 is 30.0 Å². The fourth-order valence-corrected chi connectivity index (χ4v) is 2.79.